The standard InChI is InChI=1S/C43H68N4O7/c1-28(50)24-46-38(25-45-2)43-34-12-7-9-30(34)16-18-36-35(43)23-37(47-36)40(52)27-53-42-21-29(15-19-39(42)51)14-17-33-22-31(26-49)41(54-33)13-6-4-3-5-10-32(44)11-8-20-48/h15,19,21-23,28,30,32,34,38,40-41,43,45-46,48-50,52,54H,3-14,16-18,20,24-27,44H2,1-2H3/p+1. The fourth-order valence-corrected chi connectivity index (χ4v) is 9.11. The van der Waals surface area contributed by atoms with Crippen molar-refractivity contribution in [2.24, 2.45) is 28.5 Å². The van der Waals surface area contributed by atoms with Crippen LogP contribution < -0.4 is 21.1 Å². The van der Waals surface area contributed by atoms with E-state index in [1.807, 2.05) is 32.2 Å². The van der Waals surface area contributed by atoms with Gasteiger partial charge in [-0.05, 0) is 94.9 Å². The SMILES string of the molecule is CNCC(NCC(C)O)C1[C+]2C=C(C(O)COc3cc(CC[C-]4C=C(CO)C(CCCCCCC(N)CCCO)[OH+]4)ccc3O)N=C2CCC2CCCC21. The van der Waals surface area contributed by atoms with Crippen LogP contribution in [-0.4, -0.2) is 106 Å². The lowest BCUT2D eigenvalue weighted by atomic mass is 9.72. The van der Waals surface area contributed by atoms with Gasteiger partial charge in [0.05, 0.1) is 18.1 Å². The number of unbranched alkanes of at least 4 members (excludes halogenated alkanes) is 3. The number of aliphatic imine (C=N–C) groups is 1. The maximum atomic E-state index is 11.3. The van der Waals surface area contributed by atoms with Crippen LogP contribution in [0.15, 0.2) is 46.6 Å². The number of allylic oxidation sites excluding steroid dienone is 1. The predicted molar refractivity (Wildman–Crippen MR) is 214 cm³/mol. The van der Waals surface area contributed by atoms with Crippen molar-refractivity contribution in [2.45, 2.75) is 134 Å². The van der Waals surface area contributed by atoms with Gasteiger partial charge in [0, 0.05) is 51.2 Å². The van der Waals surface area contributed by atoms with E-state index in [4.69, 9.17) is 25.3 Å². The van der Waals surface area contributed by atoms with E-state index in [1.54, 1.807) is 6.07 Å². The van der Waals surface area contributed by atoms with Crippen LogP contribution in [0.4, 0.5) is 0 Å². The fourth-order valence-electron chi connectivity index (χ4n) is 9.11. The van der Waals surface area contributed by atoms with E-state index in [1.165, 1.54) is 25.2 Å². The van der Waals surface area contributed by atoms with Crippen molar-refractivity contribution >= 4 is 5.71 Å². The second-order valence-corrected chi connectivity index (χ2v) is 16.2. The van der Waals surface area contributed by atoms with E-state index in [2.05, 4.69) is 16.7 Å². The Hall–Kier alpha value is -2.61. The Morgan fingerprint density at radius 2 is 1.89 bits per heavy atom. The van der Waals surface area contributed by atoms with E-state index >= 15 is 0 Å². The molecule has 302 valence electrons. The number of aliphatic hydroxyl groups excluding tert-OH is 4. The fraction of sp³-hybridized carbons (Fsp3) is 0.698. The molecule has 11 nitrogen and oxygen atoms in total. The van der Waals surface area contributed by atoms with Gasteiger partial charge in [0.2, 0.25) is 5.70 Å². The van der Waals surface area contributed by atoms with Gasteiger partial charge < -0.3 is 51.4 Å². The van der Waals surface area contributed by atoms with Crippen LogP contribution in [0.3, 0.4) is 0 Å². The number of fused-ring (bicyclic) bond motifs is 2. The third-order valence-electron chi connectivity index (χ3n) is 12.0. The second kappa shape index (κ2) is 21.6. The van der Waals surface area contributed by atoms with Crippen molar-refractivity contribution in [3.8, 4) is 11.5 Å². The molecule has 2 saturated carbocycles. The number of nitrogens with one attached hydrogen (secondary N) is 2. The van der Waals surface area contributed by atoms with Gasteiger partial charge in [-0.15, -0.1) is 16.6 Å². The van der Waals surface area contributed by atoms with Gasteiger partial charge in [-0.3, -0.25) is 0 Å². The number of phenolic OH excluding ortho intramolecular Hbond substituents is 1. The zero-order valence-corrected chi connectivity index (χ0v) is 32.8. The molecule has 1 aromatic rings. The highest BCUT2D eigenvalue weighted by Gasteiger charge is 2.52. The minimum atomic E-state index is -0.950. The molecule has 0 bridgehead atoms. The molecule has 8 unspecified atom stereocenters. The molecule has 0 amide bonds. The monoisotopic (exact) mass is 754 g/mol. The number of nitrogens with two attached hydrogens (primary N) is 1. The van der Waals surface area contributed by atoms with E-state index in [0.29, 0.717) is 42.7 Å². The highest BCUT2D eigenvalue weighted by Crippen LogP contribution is 2.50. The first-order chi connectivity index (χ1) is 26.2. The lowest BCUT2D eigenvalue weighted by Crippen LogP contribution is -2.50. The van der Waals surface area contributed by atoms with Crippen molar-refractivity contribution < 1.29 is 35.0 Å². The van der Waals surface area contributed by atoms with Crippen LogP contribution in [0.5, 0.6) is 11.5 Å². The quantitative estimate of drug-likeness (QED) is 0.0436. The number of aryl methyl sites for hydroxylation is 1. The molecule has 0 saturated heterocycles. The Balaban J connectivity index is 1.12. The first-order valence-corrected chi connectivity index (χ1v) is 20.8. The van der Waals surface area contributed by atoms with E-state index in [9.17, 15) is 20.4 Å². The average Bonchev–Trinajstić information content (AvgIpc) is 3.89. The molecule has 10 N–H and O–H groups in total. The van der Waals surface area contributed by atoms with E-state index < -0.39 is 12.2 Å². The van der Waals surface area contributed by atoms with Gasteiger partial charge in [-0.1, -0.05) is 38.2 Å². The number of hydrogen-bond acceptors (Lipinski definition) is 10. The number of phenols is 1. The van der Waals surface area contributed by atoms with Gasteiger partial charge in [0.25, 0.3) is 0 Å². The molecule has 0 spiro atoms. The lowest BCUT2D eigenvalue weighted by molar-refractivity contribution is -0.0552. The van der Waals surface area contributed by atoms with E-state index in [-0.39, 0.29) is 49.7 Å². The number of aromatic hydroxyl groups is 1. The van der Waals surface area contributed by atoms with Gasteiger partial charge in [0.15, 0.2) is 17.6 Å². The maximum absolute atomic E-state index is 11.3. The van der Waals surface area contributed by atoms with E-state index in [0.717, 1.165) is 93.7 Å². The van der Waals surface area contributed by atoms with Crippen molar-refractivity contribution in [3.05, 3.63) is 59.2 Å². The largest absolute Gasteiger partial charge is 0.504 e. The highest BCUT2D eigenvalue weighted by molar-refractivity contribution is 6.03. The van der Waals surface area contributed by atoms with Crippen molar-refractivity contribution in [1.29, 1.82) is 0 Å². The number of hydrogen-bond donors (Lipinski definition) is 8. The van der Waals surface area contributed by atoms with Crippen LogP contribution >= 0.6 is 0 Å². The Bertz CT molecular complexity index is 1390. The zero-order valence-electron chi connectivity index (χ0n) is 32.8. The minimum absolute atomic E-state index is 0.0102. The summed E-state index contributed by atoms with van der Waals surface area (Å²) in [6, 6.07) is 5.67. The molecule has 2 fully saturated rings. The zero-order chi connectivity index (χ0) is 38.5. The van der Waals surface area contributed by atoms with Gasteiger partial charge in [-0.2, -0.15) is 0 Å². The number of rotatable bonds is 24. The molecule has 4 aliphatic rings. The summed E-state index contributed by atoms with van der Waals surface area (Å²) >= 11 is 0. The van der Waals surface area contributed by atoms with Crippen molar-refractivity contribution in [2.75, 3.05) is 40.0 Å². The number of benzene rings is 1. The third kappa shape index (κ3) is 11.9. The molecule has 2 aliphatic heterocycles. The summed E-state index contributed by atoms with van der Waals surface area (Å²) in [7, 11) is 1.97. The van der Waals surface area contributed by atoms with Gasteiger partial charge in [0.1, 0.15) is 30.4 Å². The average molecular weight is 754 g/mol. The first kappa shape index (κ1) is 42.5. The molecule has 54 heavy (non-hydrogen) atoms. The summed E-state index contributed by atoms with van der Waals surface area (Å²) in [5.74, 6) is 3.01. The molecular formula is C43H69N4O7+. The molecule has 0 aromatic heterocycles. The molecule has 11 heteroatoms. The summed E-state index contributed by atoms with van der Waals surface area (Å²) in [6.07, 6.45) is 18.8. The molecular weight excluding hydrogens is 684 g/mol. The van der Waals surface area contributed by atoms with Crippen LogP contribution in [0.25, 0.3) is 0 Å². The Labute approximate surface area is 323 Å². The summed E-state index contributed by atoms with van der Waals surface area (Å²) in [5.41, 5.74) is 9.76. The lowest BCUT2D eigenvalue weighted by Gasteiger charge is -2.33. The maximum Gasteiger partial charge on any atom is 0.208 e. The number of likely N-dealkylation sites (N-methyl/N-ethyl adjacent to an activating group) is 1. The van der Waals surface area contributed by atoms with Crippen LogP contribution in [-0.2, 0) is 6.42 Å². The molecule has 8 atom stereocenters. The van der Waals surface area contributed by atoms with Gasteiger partial charge in [-0.25, -0.2) is 0 Å². The van der Waals surface area contributed by atoms with Crippen LogP contribution in [0, 0.1) is 29.8 Å². The highest BCUT2D eigenvalue weighted by atomic mass is 16.5. The Morgan fingerprint density at radius 3 is 2.67 bits per heavy atom. The smallest absolute Gasteiger partial charge is 0.208 e. The summed E-state index contributed by atoms with van der Waals surface area (Å²) in [6.45, 7) is 3.29. The summed E-state index contributed by atoms with van der Waals surface area (Å²) in [4.78, 5) is 4.98. The van der Waals surface area contributed by atoms with Crippen LogP contribution in [0.2, 0.25) is 0 Å². The minimum Gasteiger partial charge on any atom is -0.504 e. The van der Waals surface area contributed by atoms with Crippen molar-refractivity contribution in [1.82, 2.24) is 10.6 Å². The number of ether oxygens (including phenoxy) is 2. The third-order valence-corrected chi connectivity index (χ3v) is 12.0. The Kier molecular flexibility index (Phi) is 17.0. The number of nitrogens with zero attached hydrogens (tertiary/aromatic N) is 1. The number of aliphatic hydroxyl groups is 6. The molecule has 2 heterocycles. The van der Waals surface area contributed by atoms with Crippen molar-refractivity contribution in [3.63, 3.8) is 0 Å². The van der Waals surface area contributed by atoms with Gasteiger partial charge >= 0.3 is 0 Å². The topological polar surface area (TPSA) is 186 Å². The first-order valence-electron chi connectivity index (χ1n) is 20.8. The normalized spacial score (nSPS) is 24.7. The Morgan fingerprint density at radius 1 is 1.07 bits per heavy atom. The molecule has 0 radical (unpaired) electrons. The van der Waals surface area contributed by atoms with Crippen LogP contribution in [0.1, 0.15) is 102 Å². The summed E-state index contributed by atoms with van der Waals surface area (Å²) < 4.78 is 11.0. The summed E-state index contributed by atoms with van der Waals surface area (Å²) in [5, 5.41) is 58.0. The predicted octanol–water partition coefficient (Wildman–Crippen LogP) is 4.16. The second-order valence-electron chi connectivity index (χ2n) is 16.2. The molecule has 2 aliphatic carbocycles. The molecule has 1 aromatic carbocycles. The molecule has 5 rings (SSSR count).